The lowest BCUT2D eigenvalue weighted by atomic mass is 10.0. The highest BCUT2D eigenvalue weighted by atomic mass is 32.2. The second-order valence-corrected chi connectivity index (χ2v) is 10.4. The van der Waals surface area contributed by atoms with Gasteiger partial charge in [0.1, 0.15) is 12.4 Å². The molecule has 1 aromatic carbocycles. The average molecular weight is 496 g/mol. The van der Waals surface area contributed by atoms with Gasteiger partial charge in [0.25, 0.3) is 5.91 Å². The first-order valence-corrected chi connectivity index (χ1v) is 10.9. The van der Waals surface area contributed by atoms with Crippen LogP contribution in [0.5, 0.6) is 0 Å². The summed E-state index contributed by atoms with van der Waals surface area (Å²) in [7, 11) is -4.40. The molecule has 1 aliphatic rings. The Morgan fingerprint density at radius 2 is 1.64 bits per heavy atom. The summed E-state index contributed by atoms with van der Waals surface area (Å²) in [5.41, 5.74) is -2.18. The molecule has 1 aromatic heterocycles. The maximum absolute atomic E-state index is 13.2. The molecule has 0 radical (unpaired) electrons. The standard InChI is InChI=1S/C20H18F6N2O4S/c1-18(2,33(30,31)14-5-3-4-12(8-14)19(21,22)23)15-10-28(17(29)11-32-15)16-7-6-13(9-27-16)20(24,25)26/h3-9,15H,10-11H2,1-2H3/t15-/m0/s1. The van der Waals surface area contributed by atoms with E-state index in [1.54, 1.807) is 0 Å². The Bertz CT molecular complexity index is 1140. The fourth-order valence-corrected chi connectivity index (χ4v) is 4.88. The first kappa shape index (κ1) is 25.0. The van der Waals surface area contributed by atoms with E-state index < -0.39 is 61.6 Å². The van der Waals surface area contributed by atoms with Crippen LogP contribution in [0.2, 0.25) is 0 Å². The van der Waals surface area contributed by atoms with Crippen LogP contribution in [0, 0.1) is 0 Å². The molecule has 2 heterocycles. The highest BCUT2D eigenvalue weighted by Crippen LogP contribution is 2.36. The van der Waals surface area contributed by atoms with E-state index in [-0.39, 0.29) is 12.4 Å². The molecule has 1 amide bonds. The van der Waals surface area contributed by atoms with Gasteiger partial charge in [-0.1, -0.05) is 6.07 Å². The summed E-state index contributed by atoms with van der Waals surface area (Å²) in [6.07, 6.45) is -10.1. The predicted molar refractivity (Wildman–Crippen MR) is 104 cm³/mol. The Balaban J connectivity index is 1.91. The van der Waals surface area contributed by atoms with Crippen molar-refractivity contribution in [3.8, 4) is 0 Å². The van der Waals surface area contributed by atoms with E-state index >= 15 is 0 Å². The van der Waals surface area contributed by atoms with E-state index in [9.17, 15) is 39.6 Å². The van der Waals surface area contributed by atoms with Gasteiger partial charge < -0.3 is 4.74 Å². The second-order valence-electron chi connectivity index (χ2n) is 7.84. The van der Waals surface area contributed by atoms with Gasteiger partial charge in [0, 0.05) is 6.20 Å². The molecule has 180 valence electrons. The number of ether oxygens (including phenoxy) is 1. The van der Waals surface area contributed by atoms with Crippen LogP contribution >= 0.6 is 0 Å². The largest absolute Gasteiger partial charge is 0.417 e. The zero-order chi connectivity index (χ0) is 24.8. The summed E-state index contributed by atoms with van der Waals surface area (Å²) in [4.78, 5) is 16.3. The lowest BCUT2D eigenvalue weighted by Crippen LogP contribution is -2.57. The Kier molecular flexibility index (Phi) is 6.26. The number of nitrogens with zero attached hydrogens (tertiary/aromatic N) is 2. The number of hydrogen-bond acceptors (Lipinski definition) is 5. The third-order valence-corrected chi connectivity index (χ3v) is 7.87. The van der Waals surface area contributed by atoms with Crippen LogP contribution in [0.25, 0.3) is 0 Å². The van der Waals surface area contributed by atoms with Crippen LogP contribution in [0.4, 0.5) is 32.2 Å². The fraction of sp³-hybridized carbons (Fsp3) is 0.400. The van der Waals surface area contributed by atoms with Gasteiger partial charge in [-0.25, -0.2) is 13.4 Å². The monoisotopic (exact) mass is 496 g/mol. The number of aromatic nitrogens is 1. The molecule has 13 heteroatoms. The van der Waals surface area contributed by atoms with Crippen LogP contribution in [0.3, 0.4) is 0 Å². The van der Waals surface area contributed by atoms with Gasteiger partial charge in [-0.2, -0.15) is 26.3 Å². The Morgan fingerprint density at radius 1 is 1.00 bits per heavy atom. The molecule has 1 atom stereocenters. The molecule has 1 fully saturated rings. The normalized spacial score (nSPS) is 18.5. The highest BCUT2D eigenvalue weighted by molar-refractivity contribution is 7.92. The summed E-state index contributed by atoms with van der Waals surface area (Å²) < 4.78 is 107. The number of morpholine rings is 1. The molecule has 1 aliphatic heterocycles. The minimum Gasteiger partial charge on any atom is -0.365 e. The lowest BCUT2D eigenvalue weighted by Gasteiger charge is -2.40. The van der Waals surface area contributed by atoms with Crippen molar-refractivity contribution in [1.82, 2.24) is 4.98 Å². The van der Waals surface area contributed by atoms with Crippen molar-refractivity contribution in [2.75, 3.05) is 18.1 Å². The average Bonchev–Trinajstić information content (AvgIpc) is 2.73. The van der Waals surface area contributed by atoms with Crippen LogP contribution < -0.4 is 4.90 Å². The number of amides is 1. The molecule has 3 rings (SSSR count). The SMILES string of the molecule is CC(C)([C@@H]1CN(c2ccc(C(F)(F)F)cn2)C(=O)CO1)S(=O)(=O)c1cccc(C(F)(F)F)c1. The minimum absolute atomic E-state index is 0.145. The number of pyridine rings is 1. The Morgan fingerprint density at radius 3 is 2.18 bits per heavy atom. The molecule has 6 nitrogen and oxygen atoms in total. The highest BCUT2D eigenvalue weighted by Gasteiger charge is 2.48. The third-order valence-electron chi connectivity index (χ3n) is 5.35. The zero-order valence-corrected chi connectivity index (χ0v) is 18.1. The van der Waals surface area contributed by atoms with Gasteiger partial charge >= 0.3 is 12.4 Å². The number of rotatable bonds is 4. The van der Waals surface area contributed by atoms with Crippen molar-refractivity contribution in [3.63, 3.8) is 0 Å². The second kappa shape index (κ2) is 8.28. The van der Waals surface area contributed by atoms with Crippen molar-refractivity contribution in [1.29, 1.82) is 0 Å². The number of sulfone groups is 1. The quantitative estimate of drug-likeness (QED) is 0.596. The molecular weight excluding hydrogens is 478 g/mol. The fourth-order valence-electron chi connectivity index (χ4n) is 3.24. The maximum Gasteiger partial charge on any atom is 0.417 e. The summed E-state index contributed by atoms with van der Waals surface area (Å²) in [6.45, 7) is 1.50. The Labute approximate surface area is 185 Å². The van der Waals surface area contributed by atoms with Crippen molar-refractivity contribution in [3.05, 3.63) is 53.7 Å². The van der Waals surface area contributed by atoms with Crippen LogP contribution in [0.15, 0.2) is 47.5 Å². The number of carbonyl (C=O) groups excluding carboxylic acids is 1. The van der Waals surface area contributed by atoms with Gasteiger partial charge in [0.15, 0.2) is 9.84 Å². The van der Waals surface area contributed by atoms with Crippen molar-refractivity contribution >= 4 is 21.6 Å². The van der Waals surface area contributed by atoms with E-state index in [4.69, 9.17) is 4.74 Å². The van der Waals surface area contributed by atoms with E-state index in [1.807, 2.05) is 0 Å². The molecule has 0 N–H and O–H groups in total. The van der Waals surface area contributed by atoms with Crippen molar-refractivity contribution < 1.29 is 44.3 Å². The van der Waals surface area contributed by atoms with Gasteiger partial charge in [-0.05, 0) is 44.2 Å². The summed E-state index contributed by atoms with van der Waals surface area (Å²) in [5.74, 6) is -0.806. The summed E-state index contributed by atoms with van der Waals surface area (Å²) in [6, 6.07) is 4.94. The maximum atomic E-state index is 13.2. The van der Waals surface area contributed by atoms with E-state index in [2.05, 4.69) is 4.98 Å². The molecule has 0 spiro atoms. The number of benzene rings is 1. The van der Waals surface area contributed by atoms with E-state index in [1.165, 1.54) is 13.8 Å². The number of anilines is 1. The number of carbonyl (C=O) groups is 1. The molecule has 0 bridgehead atoms. The van der Waals surface area contributed by atoms with Gasteiger partial charge in [-0.15, -0.1) is 0 Å². The minimum atomic E-state index is -4.76. The van der Waals surface area contributed by atoms with Crippen LogP contribution in [-0.4, -0.2) is 43.3 Å². The number of alkyl halides is 6. The van der Waals surface area contributed by atoms with Crippen LogP contribution in [0.1, 0.15) is 25.0 Å². The smallest absolute Gasteiger partial charge is 0.365 e. The molecule has 1 saturated heterocycles. The summed E-state index contributed by atoms with van der Waals surface area (Å²) >= 11 is 0. The molecule has 0 aliphatic carbocycles. The molecule has 0 unspecified atom stereocenters. The third kappa shape index (κ3) is 4.83. The molecule has 33 heavy (non-hydrogen) atoms. The first-order chi connectivity index (χ1) is 15.0. The van der Waals surface area contributed by atoms with Gasteiger partial charge in [0.05, 0.1) is 33.4 Å². The zero-order valence-electron chi connectivity index (χ0n) is 17.2. The lowest BCUT2D eigenvalue weighted by molar-refractivity contribution is -0.138. The topological polar surface area (TPSA) is 76.6 Å². The van der Waals surface area contributed by atoms with E-state index in [0.29, 0.717) is 12.3 Å². The van der Waals surface area contributed by atoms with Crippen molar-refractivity contribution in [2.45, 2.75) is 41.9 Å². The van der Waals surface area contributed by atoms with Crippen molar-refractivity contribution in [2.24, 2.45) is 0 Å². The number of hydrogen-bond donors (Lipinski definition) is 0. The van der Waals surface area contributed by atoms with E-state index in [0.717, 1.165) is 35.2 Å². The first-order valence-electron chi connectivity index (χ1n) is 9.42. The molecule has 2 aromatic rings. The molecule has 0 saturated carbocycles. The number of halogens is 6. The van der Waals surface area contributed by atoms with Crippen LogP contribution in [-0.2, 0) is 31.7 Å². The van der Waals surface area contributed by atoms with Gasteiger partial charge in [-0.3, -0.25) is 9.69 Å². The van der Waals surface area contributed by atoms with Gasteiger partial charge in [0.2, 0.25) is 0 Å². The summed E-state index contributed by atoms with van der Waals surface area (Å²) in [5, 5.41) is 0. The molecular formula is C20H18F6N2O4S. The Hall–Kier alpha value is -2.67. The predicted octanol–water partition coefficient (Wildman–Crippen LogP) is 4.10.